The molecule has 0 aliphatic carbocycles. The highest BCUT2D eigenvalue weighted by atomic mass is 16.4. The lowest BCUT2D eigenvalue weighted by Crippen LogP contribution is -2.14. The van der Waals surface area contributed by atoms with Gasteiger partial charge in [0.1, 0.15) is 0 Å². The topological polar surface area (TPSA) is 42.2 Å². The highest BCUT2D eigenvalue weighted by molar-refractivity contribution is 5.68. The first kappa shape index (κ1) is 11.5. The smallest absolute Gasteiger partial charge is 0.305 e. The number of nitrogens with zero attached hydrogens (tertiary/aromatic N) is 1. The third-order valence-electron chi connectivity index (χ3n) is 2.90. The summed E-state index contributed by atoms with van der Waals surface area (Å²) >= 11 is 0. The number of carboxylic acid groups (broad SMARTS) is 1. The van der Waals surface area contributed by atoms with Gasteiger partial charge in [-0.1, -0.05) is 24.3 Å². The van der Waals surface area contributed by atoms with Crippen molar-refractivity contribution in [2.24, 2.45) is 0 Å². The molecule has 1 heterocycles. The maximum Gasteiger partial charge on any atom is 0.305 e. The van der Waals surface area contributed by atoms with E-state index in [9.17, 15) is 4.79 Å². The van der Waals surface area contributed by atoms with Crippen LogP contribution in [0.15, 0.2) is 48.8 Å². The molecule has 0 fully saturated rings. The number of aliphatic carboxylic acids is 1. The van der Waals surface area contributed by atoms with Crippen LogP contribution in [-0.2, 0) is 4.79 Å². The second-order valence-electron chi connectivity index (χ2n) is 4.10. The van der Waals surface area contributed by atoms with E-state index >= 15 is 0 Å². The van der Waals surface area contributed by atoms with Gasteiger partial charge in [0.15, 0.2) is 0 Å². The van der Waals surface area contributed by atoms with Crippen LogP contribution in [0.25, 0.3) is 0 Å². The molecule has 0 radical (unpaired) electrons. The van der Waals surface area contributed by atoms with Crippen LogP contribution in [0.2, 0.25) is 0 Å². The lowest BCUT2D eigenvalue weighted by molar-refractivity contribution is -0.137. The number of rotatable bonds is 4. The van der Waals surface area contributed by atoms with Crippen molar-refractivity contribution in [3.8, 4) is 0 Å². The van der Waals surface area contributed by atoms with Gasteiger partial charge >= 0.3 is 5.97 Å². The predicted molar refractivity (Wildman–Crippen MR) is 66.0 cm³/mol. The molecule has 0 bridgehead atoms. The van der Waals surface area contributed by atoms with Crippen LogP contribution >= 0.6 is 0 Å². The predicted octanol–water partition coefficient (Wildman–Crippen LogP) is 2.86. The minimum absolute atomic E-state index is 0.0968. The van der Waals surface area contributed by atoms with Gasteiger partial charge in [-0.3, -0.25) is 4.79 Å². The molecule has 0 saturated heterocycles. The fourth-order valence-corrected chi connectivity index (χ4v) is 2.06. The van der Waals surface area contributed by atoms with Crippen molar-refractivity contribution in [2.75, 3.05) is 0 Å². The molecule has 2 aromatic rings. The van der Waals surface area contributed by atoms with Crippen LogP contribution in [0.3, 0.4) is 0 Å². The van der Waals surface area contributed by atoms with E-state index in [-0.39, 0.29) is 12.5 Å². The Bertz CT molecular complexity index is 503. The van der Waals surface area contributed by atoms with Gasteiger partial charge in [0.2, 0.25) is 0 Å². The summed E-state index contributed by atoms with van der Waals surface area (Å²) in [5, 5.41) is 9.02. The number of aryl methyl sites for hydroxylation is 1. The fraction of sp³-hybridized carbons (Fsp3) is 0.214. The summed E-state index contributed by atoms with van der Waals surface area (Å²) in [6, 6.07) is 11.6. The minimum atomic E-state index is -0.785. The summed E-state index contributed by atoms with van der Waals surface area (Å²) in [4.78, 5) is 11.0. The van der Waals surface area contributed by atoms with E-state index in [1.54, 1.807) is 0 Å². The summed E-state index contributed by atoms with van der Waals surface area (Å²) in [5.41, 5.74) is 2.18. The van der Waals surface area contributed by atoms with Gasteiger partial charge in [-0.25, -0.2) is 0 Å². The van der Waals surface area contributed by atoms with E-state index in [1.807, 2.05) is 60.3 Å². The second-order valence-corrected chi connectivity index (χ2v) is 4.10. The third-order valence-corrected chi connectivity index (χ3v) is 2.90. The van der Waals surface area contributed by atoms with Crippen LogP contribution in [-0.4, -0.2) is 15.6 Å². The molecule has 1 aromatic carbocycles. The summed E-state index contributed by atoms with van der Waals surface area (Å²) in [5.74, 6) is -0.785. The molecule has 1 atom stereocenters. The Labute approximate surface area is 100 Å². The third kappa shape index (κ3) is 2.56. The monoisotopic (exact) mass is 229 g/mol. The van der Waals surface area contributed by atoms with Crippen LogP contribution in [0.4, 0.5) is 0 Å². The van der Waals surface area contributed by atoms with Crippen molar-refractivity contribution in [1.29, 1.82) is 0 Å². The van der Waals surface area contributed by atoms with Crippen molar-refractivity contribution < 1.29 is 9.90 Å². The molecule has 0 aliphatic rings. The Morgan fingerprint density at radius 1 is 1.24 bits per heavy atom. The zero-order chi connectivity index (χ0) is 12.3. The van der Waals surface area contributed by atoms with Gasteiger partial charge in [-0.15, -0.1) is 0 Å². The molecular formula is C14H15NO2. The number of hydrogen-bond acceptors (Lipinski definition) is 1. The van der Waals surface area contributed by atoms with Crippen LogP contribution in [0.5, 0.6) is 0 Å². The summed E-state index contributed by atoms with van der Waals surface area (Å²) in [6.07, 6.45) is 3.90. The number of hydrogen-bond donors (Lipinski definition) is 1. The van der Waals surface area contributed by atoms with E-state index in [1.165, 1.54) is 0 Å². The number of aromatic nitrogens is 1. The van der Waals surface area contributed by atoms with E-state index < -0.39 is 5.97 Å². The maximum absolute atomic E-state index is 11.0. The Kier molecular flexibility index (Phi) is 3.28. The highest BCUT2D eigenvalue weighted by Gasteiger charge is 2.17. The summed E-state index contributed by atoms with van der Waals surface area (Å²) < 4.78 is 1.94. The quantitative estimate of drug-likeness (QED) is 0.875. The van der Waals surface area contributed by atoms with Gasteiger partial charge in [0.25, 0.3) is 0 Å². The largest absolute Gasteiger partial charge is 0.481 e. The number of benzene rings is 1. The molecule has 17 heavy (non-hydrogen) atoms. The molecule has 0 unspecified atom stereocenters. The highest BCUT2D eigenvalue weighted by Crippen LogP contribution is 2.25. The van der Waals surface area contributed by atoms with Crippen molar-refractivity contribution in [3.05, 3.63) is 59.9 Å². The van der Waals surface area contributed by atoms with Gasteiger partial charge in [-0.05, 0) is 30.2 Å². The molecule has 0 amide bonds. The Morgan fingerprint density at radius 2 is 1.88 bits per heavy atom. The van der Waals surface area contributed by atoms with Crippen molar-refractivity contribution in [1.82, 2.24) is 4.57 Å². The van der Waals surface area contributed by atoms with Gasteiger partial charge < -0.3 is 9.67 Å². The number of carbonyl (C=O) groups is 1. The lowest BCUT2D eigenvalue weighted by atomic mass is 9.99. The summed E-state index contributed by atoms with van der Waals surface area (Å²) in [7, 11) is 0. The average molecular weight is 229 g/mol. The molecule has 0 spiro atoms. The first-order chi connectivity index (χ1) is 8.18. The van der Waals surface area contributed by atoms with Crippen LogP contribution in [0.1, 0.15) is 23.6 Å². The minimum Gasteiger partial charge on any atom is -0.481 e. The number of carboxylic acids is 1. The van der Waals surface area contributed by atoms with Gasteiger partial charge in [-0.2, -0.15) is 0 Å². The molecule has 3 nitrogen and oxygen atoms in total. The van der Waals surface area contributed by atoms with Gasteiger partial charge in [0, 0.05) is 12.4 Å². The molecule has 0 saturated carbocycles. The molecule has 2 rings (SSSR count). The molecule has 88 valence electrons. The first-order valence-corrected chi connectivity index (χ1v) is 5.58. The standard InChI is InChI=1S/C14H15NO2/c1-11-6-2-3-7-12(11)13(10-14(16)17)15-8-4-5-9-15/h2-9,13H,10H2,1H3,(H,16,17)/t13-/m0/s1. The van der Waals surface area contributed by atoms with Crippen LogP contribution in [0, 0.1) is 6.92 Å². The Morgan fingerprint density at radius 3 is 2.47 bits per heavy atom. The van der Waals surface area contributed by atoms with Crippen molar-refractivity contribution in [3.63, 3.8) is 0 Å². The van der Waals surface area contributed by atoms with E-state index in [4.69, 9.17) is 5.11 Å². The SMILES string of the molecule is Cc1ccccc1[C@H](CC(=O)O)n1cccc1. The molecule has 1 N–H and O–H groups in total. The van der Waals surface area contributed by atoms with E-state index in [0.29, 0.717) is 0 Å². The van der Waals surface area contributed by atoms with E-state index in [2.05, 4.69) is 0 Å². The van der Waals surface area contributed by atoms with Crippen molar-refractivity contribution in [2.45, 2.75) is 19.4 Å². The summed E-state index contributed by atoms with van der Waals surface area (Å²) in [6.45, 7) is 2.01. The lowest BCUT2D eigenvalue weighted by Gasteiger charge is -2.19. The van der Waals surface area contributed by atoms with Crippen molar-refractivity contribution >= 4 is 5.97 Å². The molecule has 3 heteroatoms. The fourth-order valence-electron chi connectivity index (χ4n) is 2.06. The molecule has 1 aromatic heterocycles. The average Bonchev–Trinajstić information content (AvgIpc) is 2.80. The normalized spacial score (nSPS) is 12.3. The second kappa shape index (κ2) is 4.87. The van der Waals surface area contributed by atoms with Crippen LogP contribution < -0.4 is 0 Å². The first-order valence-electron chi connectivity index (χ1n) is 5.58. The molecule has 0 aliphatic heterocycles. The zero-order valence-corrected chi connectivity index (χ0v) is 9.71. The Balaban J connectivity index is 2.41. The van der Waals surface area contributed by atoms with E-state index in [0.717, 1.165) is 11.1 Å². The molecular weight excluding hydrogens is 214 g/mol. The Hall–Kier alpha value is -2.03. The zero-order valence-electron chi connectivity index (χ0n) is 9.71. The van der Waals surface area contributed by atoms with Gasteiger partial charge in [0.05, 0.1) is 12.5 Å². The maximum atomic E-state index is 11.0.